The lowest BCUT2D eigenvalue weighted by Crippen LogP contribution is -2.57. The predicted octanol–water partition coefficient (Wildman–Crippen LogP) is 5.18. The molecule has 0 radical (unpaired) electrons. The van der Waals surface area contributed by atoms with Crippen LogP contribution in [0.25, 0.3) is 0 Å². The van der Waals surface area contributed by atoms with Crippen LogP contribution in [0, 0.1) is 0 Å². The second-order valence-corrected chi connectivity index (χ2v) is 8.98. The first-order valence-electron chi connectivity index (χ1n) is 11.1. The summed E-state index contributed by atoms with van der Waals surface area (Å²) in [4.78, 5) is 2.67. The number of nitrogens with zero attached hydrogens (tertiary/aromatic N) is 1. The SMILES string of the molecule is c1ccc(COc2ccc3c(c2)C2(c4ccccc4)CC(CN(C4CC4)C2)O3)cc1. The van der Waals surface area contributed by atoms with E-state index in [1.807, 2.05) is 6.07 Å². The molecule has 3 aliphatic rings. The molecule has 3 aromatic rings. The van der Waals surface area contributed by atoms with E-state index in [1.54, 1.807) is 0 Å². The van der Waals surface area contributed by atoms with Crippen molar-refractivity contribution in [2.75, 3.05) is 13.1 Å². The second kappa shape index (κ2) is 7.17. The lowest BCUT2D eigenvalue weighted by molar-refractivity contribution is 0.0265. The van der Waals surface area contributed by atoms with Gasteiger partial charge in [-0.25, -0.2) is 0 Å². The topological polar surface area (TPSA) is 21.7 Å². The highest BCUT2D eigenvalue weighted by molar-refractivity contribution is 5.53. The predicted molar refractivity (Wildman–Crippen MR) is 118 cm³/mol. The molecular formula is C27H27NO2. The van der Waals surface area contributed by atoms with Crippen LogP contribution in [0.3, 0.4) is 0 Å². The highest BCUT2D eigenvalue weighted by Crippen LogP contribution is 2.51. The van der Waals surface area contributed by atoms with Gasteiger partial charge in [-0.15, -0.1) is 0 Å². The molecule has 2 fully saturated rings. The molecule has 3 nitrogen and oxygen atoms in total. The van der Waals surface area contributed by atoms with Gasteiger partial charge in [-0.1, -0.05) is 60.7 Å². The third kappa shape index (κ3) is 3.18. The smallest absolute Gasteiger partial charge is 0.124 e. The zero-order chi connectivity index (χ0) is 20.0. The molecule has 2 unspecified atom stereocenters. The number of fused-ring (bicyclic) bond motifs is 4. The van der Waals surface area contributed by atoms with Gasteiger partial charge in [0.15, 0.2) is 0 Å². The van der Waals surface area contributed by atoms with Crippen LogP contribution in [0.5, 0.6) is 11.5 Å². The normalized spacial score (nSPS) is 25.3. The Kier molecular flexibility index (Phi) is 4.31. The Morgan fingerprint density at radius 3 is 2.47 bits per heavy atom. The van der Waals surface area contributed by atoms with Crippen molar-refractivity contribution in [3.8, 4) is 11.5 Å². The maximum Gasteiger partial charge on any atom is 0.124 e. The number of rotatable bonds is 5. The van der Waals surface area contributed by atoms with E-state index in [0.717, 1.165) is 37.1 Å². The lowest BCUT2D eigenvalue weighted by atomic mass is 9.66. The molecule has 6 rings (SSSR count). The molecule has 30 heavy (non-hydrogen) atoms. The van der Waals surface area contributed by atoms with Crippen molar-refractivity contribution >= 4 is 0 Å². The average molecular weight is 398 g/mol. The Bertz CT molecular complexity index is 1030. The summed E-state index contributed by atoms with van der Waals surface area (Å²) in [5, 5.41) is 0. The van der Waals surface area contributed by atoms with Crippen molar-refractivity contribution in [1.29, 1.82) is 0 Å². The molecule has 0 amide bonds. The van der Waals surface area contributed by atoms with Crippen LogP contribution in [0.15, 0.2) is 78.9 Å². The Hall–Kier alpha value is -2.78. The standard InChI is InChI=1S/C27H27NO2/c1-3-7-20(8-4-1)18-29-23-13-14-26-25(15-23)27(21-9-5-2-6-10-21)16-24(30-26)17-28(19-27)22-11-12-22/h1-10,13-15,22,24H,11-12,16-19H2. The van der Waals surface area contributed by atoms with Gasteiger partial charge in [0.25, 0.3) is 0 Å². The van der Waals surface area contributed by atoms with Crippen LogP contribution in [0.1, 0.15) is 36.0 Å². The highest BCUT2D eigenvalue weighted by Gasteiger charge is 2.50. The number of hydrogen-bond acceptors (Lipinski definition) is 3. The van der Waals surface area contributed by atoms with Crippen molar-refractivity contribution in [1.82, 2.24) is 4.90 Å². The number of hydrogen-bond donors (Lipinski definition) is 0. The van der Waals surface area contributed by atoms with Crippen LogP contribution in [0.2, 0.25) is 0 Å². The lowest BCUT2D eigenvalue weighted by Gasteiger charge is -2.51. The summed E-state index contributed by atoms with van der Waals surface area (Å²) in [5.74, 6) is 1.94. The van der Waals surface area contributed by atoms with E-state index < -0.39 is 0 Å². The Labute approximate surface area is 178 Å². The van der Waals surface area contributed by atoms with E-state index in [4.69, 9.17) is 9.47 Å². The van der Waals surface area contributed by atoms with E-state index in [9.17, 15) is 0 Å². The van der Waals surface area contributed by atoms with Crippen LogP contribution in [0.4, 0.5) is 0 Å². The quantitative estimate of drug-likeness (QED) is 0.592. The van der Waals surface area contributed by atoms with E-state index in [0.29, 0.717) is 6.61 Å². The summed E-state index contributed by atoms with van der Waals surface area (Å²) < 4.78 is 12.7. The van der Waals surface area contributed by atoms with E-state index in [-0.39, 0.29) is 11.5 Å². The Morgan fingerprint density at radius 1 is 0.933 bits per heavy atom. The van der Waals surface area contributed by atoms with Crippen LogP contribution < -0.4 is 9.47 Å². The summed E-state index contributed by atoms with van der Waals surface area (Å²) in [6.45, 7) is 2.69. The van der Waals surface area contributed by atoms with E-state index in [2.05, 4.69) is 77.7 Å². The van der Waals surface area contributed by atoms with Gasteiger partial charge < -0.3 is 9.47 Å². The van der Waals surface area contributed by atoms with Gasteiger partial charge in [0.05, 0.1) is 0 Å². The fraction of sp³-hybridized carbons (Fsp3) is 0.333. The van der Waals surface area contributed by atoms with Crippen molar-refractivity contribution in [2.45, 2.75) is 43.4 Å². The summed E-state index contributed by atoms with van der Waals surface area (Å²) >= 11 is 0. The summed E-state index contributed by atoms with van der Waals surface area (Å²) in [7, 11) is 0. The largest absolute Gasteiger partial charge is 0.489 e. The fourth-order valence-corrected chi connectivity index (χ4v) is 5.30. The second-order valence-electron chi connectivity index (χ2n) is 8.98. The van der Waals surface area contributed by atoms with Crippen LogP contribution >= 0.6 is 0 Å². The molecule has 0 N–H and O–H groups in total. The minimum Gasteiger partial charge on any atom is -0.489 e. The molecule has 0 spiro atoms. The van der Waals surface area contributed by atoms with E-state index in [1.165, 1.54) is 29.5 Å². The Balaban J connectivity index is 1.39. The fourth-order valence-electron chi connectivity index (χ4n) is 5.30. The average Bonchev–Trinajstić information content (AvgIpc) is 3.65. The molecule has 1 saturated carbocycles. The monoisotopic (exact) mass is 397 g/mol. The van der Waals surface area contributed by atoms with Gasteiger partial charge in [-0.3, -0.25) is 4.90 Å². The molecular weight excluding hydrogens is 370 g/mol. The van der Waals surface area contributed by atoms with Gasteiger partial charge >= 0.3 is 0 Å². The number of piperidine rings is 1. The summed E-state index contributed by atoms with van der Waals surface area (Å²) in [6, 6.07) is 28.5. The first kappa shape index (κ1) is 18.0. The van der Waals surface area contributed by atoms with Crippen LogP contribution in [-0.4, -0.2) is 30.1 Å². The third-order valence-electron chi connectivity index (χ3n) is 6.89. The van der Waals surface area contributed by atoms with Crippen LogP contribution in [-0.2, 0) is 12.0 Å². The minimum absolute atomic E-state index is 0.0353. The number of ether oxygens (including phenoxy) is 2. The summed E-state index contributed by atoms with van der Waals surface area (Å²) in [6.07, 6.45) is 3.94. The first-order valence-corrected chi connectivity index (χ1v) is 11.1. The molecule has 3 heteroatoms. The molecule has 1 saturated heterocycles. The molecule has 2 aliphatic heterocycles. The van der Waals surface area contributed by atoms with Crippen molar-refractivity contribution in [3.05, 3.63) is 95.6 Å². The Morgan fingerprint density at radius 2 is 1.70 bits per heavy atom. The van der Waals surface area contributed by atoms with Gasteiger partial charge in [0, 0.05) is 36.5 Å². The molecule has 1 aliphatic carbocycles. The van der Waals surface area contributed by atoms with Crippen molar-refractivity contribution in [3.63, 3.8) is 0 Å². The molecule has 2 bridgehead atoms. The maximum atomic E-state index is 6.48. The molecule has 2 heterocycles. The third-order valence-corrected chi connectivity index (χ3v) is 6.89. The van der Waals surface area contributed by atoms with Gasteiger partial charge in [0.2, 0.25) is 0 Å². The molecule has 152 valence electrons. The highest BCUT2D eigenvalue weighted by atomic mass is 16.5. The number of benzene rings is 3. The minimum atomic E-state index is -0.0353. The van der Waals surface area contributed by atoms with Gasteiger partial charge in [-0.2, -0.15) is 0 Å². The van der Waals surface area contributed by atoms with Gasteiger partial charge in [0.1, 0.15) is 24.2 Å². The maximum absolute atomic E-state index is 6.48. The molecule has 0 aromatic heterocycles. The van der Waals surface area contributed by atoms with Gasteiger partial charge in [-0.05, 0) is 42.2 Å². The number of likely N-dealkylation sites (tertiary alicyclic amines) is 1. The zero-order valence-corrected chi connectivity index (χ0v) is 17.2. The van der Waals surface area contributed by atoms with Crippen molar-refractivity contribution in [2.24, 2.45) is 0 Å². The summed E-state index contributed by atoms with van der Waals surface area (Å²) in [5.41, 5.74) is 3.82. The zero-order valence-electron chi connectivity index (χ0n) is 17.2. The molecule has 3 aromatic carbocycles. The van der Waals surface area contributed by atoms with Crippen molar-refractivity contribution < 1.29 is 9.47 Å². The van der Waals surface area contributed by atoms with E-state index >= 15 is 0 Å². The first-order chi connectivity index (χ1) is 14.8. The molecule has 2 atom stereocenters.